The van der Waals surface area contributed by atoms with Crippen LogP contribution >= 0.6 is 0 Å². The van der Waals surface area contributed by atoms with E-state index in [4.69, 9.17) is 9.47 Å². The van der Waals surface area contributed by atoms with Crippen molar-refractivity contribution in [3.63, 3.8) is 0 Å². The second-order valence-electron chi connectivity index (χ2n) is 6.41. The molecule has 140 valence electrons. The number of rotatable bonds is 6. The van der Waals surface area contributed by atoms with E-state index in [1.807, 2.05) is 36.4 Å². The maximum Gasteiger partial charge on any atom is 0.228 e. The molecule has 0 saturated heterocycles. The first-order valence-electron chi connectivity index (χ1n) is 8.78. The fraction of sp³-hybridized carbons (Fsp3) is 0.227. The standard InChI is InChI=1S/C22H24N2O3/c1-15-5-6-16(2)24(15)19-10-8-18(9-11-19)23-22(25)14-17-7-12-20(26-3)21(13-17)27-4/h5-13H,14H2,1-4H3,(H,23,25). The van der Waals surface area contributed by atoms with Gasteiger partial charge in [-0.15, -0.1) is 0 Å². The zero-order valence-electron chi connectivity index (χ0n) is 16.1. The van der Waals surface area contributed by atoms with E-state index in [1.54, 1.807) is 20.3 Å². The predicted octanol–water partition coefficient (Wildman–Crippen LogP) is 4.29. The second kappa shape index (κ2) is 7.99. The molecule has 0 unspecified atom stereocenters. The number of carbonyl (C=O) groups excluding carboxylic acids is 1. The summed E-state index contributed by atoms with van der Waals surface area (Å²) in [7, 11) is 3.17. The molecule has 27 heavy (non-hydrogen) atoms. The van der Waals surface area contributed by atoms with E-state index in [1.165, 1.54) is 11.4 Å². The molecule has 1 heterocycles. The number of aromatic nitrogens is 1. The molecule has 3 rings (SSSR count). The van der Waals surface area contributed by atoms with E-state index in [-0.39, 0.29) is 12.3 Å². The van der Waals surface area contributed by atoms with Crippen molar-refractivity contribution >= 4 is 11.6 Å². The topological polar surface area (TPSA) is 52.5 Å². The number of anilines is 1. The van der Waals surface area contributed by atoms with Crippen molar-refractivity contribution in [2.75, 3.05) is 19.5 Å². The van der Waals surface area contributed by atoms with Gasteiger partial charge in [-0.2, -0.15) is 0 Å². The third kappa shape index (κ3) is 4.14. The van der Waals surface area contributed by atoms with Crippen LogP contribution in [0.25, 0.3) is 5.69 Å². The Labute approximate surface area is 159 Å². The van der Waals surface area contributed by atoms with E-state index in [9.17, 15) is 4.79 Å². The summed E-state index contributed by atoms with van der Waals surface area (Å²) in [6.07, 6.45) is 0.262. The molecule has 1 amide bonds. The van der Waals surface area contributed by atoms with Gasteiger partial charge in [0.2, 0.25) is 5.91 Å². The van der Waals surface area contributed by atoms with Crippen molar-refractivity contribution in [3.8, 4) is 17.2 Å². The molecule has 0 radical (unpaired) electrons. The highest BCUT2D eigenvalue weighted by molar-refractivity contribution is 5.92. The minimum absolute atomic E-state index is 0.0803. The van der Waals surface area contributed by atoms with Crippen LogP contribution in [0.1, 0.15) is 17.0 Å². The van der Waals surface area contributed by atoms with Crippen LogP contribution in [0, 0.1) is 13.8 Å². The lowest BCUT2D eigenvalue weighted by Gasteiger charge is -2.12. The summed E-state index contributed by atoms with van der Waals surface area (Å²) in [5.74, 6) is 1.18. The number of ether oxygens (including phenoxy) is 2. The fourth-order valence-corrected chi connectivity index (χ4v) is 3.15. The number of hydrogen-bond acceptors (Lipinski definition) is 3. The van der Waals surface area contributed by atoms with Gasteiger partial charge in [-0.25, -0.2) is 0 Å². The molecule has 0 aliphatic carbocycles. The molecule has 0 aliphatic heterocycles. The molecule has 0 bridgehead atoms. The summed E-state index contributed by atoms with van der Waals surface area (Å²) < 4.78 is 12.7. The van der Waals surface area contributed by atoms with Gasteiger partial charge in [0.15, 0.2) is 11.5 Å². The third-order valence-electron chi connectivity index (χ3n) is 4.49. The zero-order valence-corrected chi connectivity index (χ0v) is 16.1. The van der Waals surface area contributed by atoms with Gasteiger partial charge < -0.3 is 19.4 Å². The summed E-state index contributed by atoms with van der Waals surface area (Å²) >= 11 is 0. The van der Waals surface area contributed by atoms with E-state index >= 15 is 0 Å². The minimum atomic E-state index is -0.0803. The number of hydrogen-bond donors (Lipinski definition) is 1. The first-order valence-corrected chi connectivity index (χ1v) is 8.78. The van der Waals surface area contributed by atoms with Crippen LogP contribution in [0.4, 0.5) is 5.69 Å². The smallest absolute Gasteiger partial charge is 0.228 e. The van der Waals surface area contributed by atoms with Gasteiger partial charge in [0.25, 0.3) is 0 Å². The fourth-order valence-electron chi connectivity index (χ4n) is 3.15. The third-order valence-corrected chi connectivity index (χ3v) is 4.49. The Hall–Kier alpha value is -3.21. The van der Waals surface area contributed by atoms with Crippen LogP contribution in [0.3, 0.4) is 0 Å². The van der Waals surface area contributed by atoms with Gasteiger partial charge in [-0.3, -0.25) is 4.79 Å². The van der Waals surface area contributed by atoms with Crippen molar-refractivity contribution in [2.24, 2.45) is 0 Å². The van der Waals surface area contributed by atoms with Gasteiger partial charge in [-0.05, 0) is 67.9 Å². The summed E-state index contributed by atoms with van der Waals surface area (Å²) in [6, 6.07) is 17.5. The monoisotopic (exact) mass is 364 g/mol. The molecule has 0 saturated carbocycles. The van der Waals surface area contributed by atoms with E-state index in [2.05, 4.69) is 35.9 Å². The Balaban J connectivity index is 1.68. The predicted molar refractivity (Wildman–Crippen MR) is 107 cm³/mol. The van der Waals surface area contributed by atoms with Crippen molar-refractivity contribution in [1.82, 2.24) is 4.57 Å². The number of aryl methyl sites for hydroxylation is 2. The van der Waals surface area contributed by atoms with Gasteiger partial charge in [0, 0.05) is 22.8 Å². The minimum Gasteiger partial charge on any atom is -0.493 e. The number of nitrogens with zero attached hydrogens (tertiary/aromatic N) is 1. The molecule has 0 aliphatic rings. The summed E-state index contributed by atoms with van der Waals surface area (Å²) in [4.78, 5) is 12.4. The molecule has 1 N–H and O–H groups in total. The lowest BCUT2D eigenvalue weighted by Crippen LogP contribution is -2.14. The van der Waals surface area contributed by atoms with Crippen LogP contribution < -0.4 is 14.8 Å². The molecule has 5 heteroatoms. The van der Waals surface area contributed by atoms with Crippen molar-refractivity contribution in [1.29, 1.82) is 0 Å². The molecule has 1 aromatic heterocycles. The van der Waals surface area contributed by atoms with Crippen molar-refractivity contribution in [3.05, 3.63) is 71.5 Å². The lowest BCUT2D eigenvalue weighted by molar-refractivity contribution is -0.115. The molecule has 2 aromatic carbocycles. The van der Waals surface area contributed by atoms with E-state index in [0.717, 1.165) is 16.9 Å². The highest BCUT2D eigenvalue weighted by Crippen LogP contribution is 2.28. The molecular formula is C22H24N2O3. The maximum atomic E-state index is 12.4. The van der Waals surface area contributed by atoms with Gasteiger partial charge in [0.1, 0.15) is 0 Å². The van der Waals surface area contributed by atoms with E-state index in [0.29, 0.717) is 11.5 Å². The summed E-state index contributed by atoms with van der Waals surface area (Å²) in [6.45, 7) is 4.15. The molecule has 0 fully saturated rings. The highest BCUT2D eigenvalue weighted by atomic mass is 16.5. The number of nitrogens with one attached hydrogen (secondary N) is 1. The average Bonchev–Trinajstić information content (AvgIpc) is 3.00. The van der Waals surface area contributed by atoms with Crippen LogP contribution in [0.5, 0.6) is 11.5 Å². The van der Waals surface area contributed by atoms with Crippen molar-refractivity contribution < 1.29 is 14.3 Å². The molecule has 3 aromatic rings. The Kier molecular flexibility index (Phi) is 5.50. The SMILES string of the molecule is COc1ccc(CC(=O)Nc2ccc(-n3c(C)ccc3C)cc2)cc1OC. The zero-order chi connectivity index (χ0) is 19.4. The quantitative estimate of drug-likeness (QED) is 0.710. The highest BCUT2D eigenvalue weighted by Gasteiger charge is 2.09. The number of carbonyl (C=O) groups is 1. The first-order chi connectivity index (χ1) is 13.0. The normalized spacial score (nSPS) is 10.5. The van der Waals surface area contributed by atoms with Crippen molar-refractivity contribution in [2.45, 2.75) is 20.3 Å². The lowest BCUT2D eigenvalue weighted by atomic mass is 10.1. The van der Waals surface area contributed by atoms with E-state index < -0.39 is 0 Å². The second-order valence-corrected chi connectivity index (χ2v) is 6.41. The first kappa shape index (κ1) is 18.6. The number of methoxy groups -OCH3 is 2. The van der Waals surface area contributed by atoms with Crippen LogP contribution in [0.2, 0.25) is 0 Å². The average molecular weight is 364 g/mol. The largest absolute Gasteiger partial charge is 0.493 e. The molecule has 5 nitrogen and oxygen atoms in total. The Morgan fingerprint density at radius 2 is 1.52 bits per heavy atom. The molecule has 0 atom stereocenters. The number of amides is 1. The maximum absolute atomic E-state index is 12.4. The van der Waals surface area contributed by atoms with Crippen LogP contribution in [-0.4, -0.2) is 24.7 Å². The summed E-state index contributed by atoms with van der Waals surface area (Å²) in [5, 5.41) is 2.94. The van der Waals surface area contributed by atoms with Gasteiger partial charge in [0.05, 0.1) is 20.6 Å². The van der Waals surface area contributed by atoms with Gasteiger partial charge in [-0.1, -0.05) is 6.07 Å². The Bertz CT molecular complexity index is 923. The van der Waals surface area contributed by atoms with Gasteiger partial charge >= 0.3 is 0 Å². The summed E-state index contributed by atoms with van der Waals surface area (Å²) in [5.41, 5.74) is 5.07. The Morgan fingerprint density at radius 3 is 2.11 bits per heavy atom. The van der Waals surface area contributed by atoms with Crippen LogP contribution in [0.15, 0.2) is 54.6 Å². The molecular weight excluding hydrogens is 340 g/mol. The number of benzene rings is 2. The Morgan fingerprint density at radius 1 is 0.889 bits per heavy atom. The molecule has 0 spiro atoms. The van der Waals surface area contributed by atoms with Crippen LogP contribution in [-0.2, 0) is 11.2 Å².